The van der Waals surface area contributed by atoms with Crippen molar-refractivity contribution in [2.45, 2.75) is 6.92 Å². The lowest BCUT2D eigenvalue weighted by atomic mass is 10.2. The van der Waals surface area contributed by atoms with Crippen LogP contribution in [0.15, 0.2) is 42.5 Å². The number of rotatable bonds is 2. The minimum Gasteiger partial charge on any atom is -0.455 e. The molecule has 0 spiro atoms. The van der Waals surface area contributed by atoms with Crippen LogP contribution >= 0.6 is 0 Å². The third-order valence-corrected chi connectivity index (χ3v) is 2.29. The third-order valence-electron chi connectivity index (χ3n) is 2.29. The highest BCUT2D eigenvalue weighted by molar-refractivity contribution is 5.60. The SMILES string of the molecule is Cc1ccc(Oc2cc(N)ccc2N)cc1. The van der Waals surface area contributed by atoms with Gasteiger partial charge in [-0.15, -0.1) is 0 Å². The molecule has 0 aliphatic carbocycles. The number of hydrogen-bond donors (Lipinski definition) is 2. The standard InChI is InChI=1S/C13H14N2O/c1-9-2-5-11(6-3-9)16-13-8-10(14)4-7-12(13)15/h2-8H,14-15H2,1H3. The van der Waals surface area contributed by atoms with Crippen LogP contribution in [0, 0.1) is 6.92 Å². The Bertz CT molecular complexity index is 492. The van der Waals surface area contributed by atoms with Crippen molar-refractivity contribution in [1.29, 1.82) is 0 Å². The topological polar surface area (TPSA) is 61.3 Å². The number of nitrogens with two attached hydrogens (primary N) is 2. The van der Waals surface area contributed by atoms with Crippen LogP contribution in [-0.2, 0) is 0 Å². The van der Waals surface area contributed by atoms with Crippen LogP contribution in [0.2, 0.25) is 0 Å². The lowest BCUT2D eigenvalue weighted by Gasteiger charge is -2.09. The monoisotopic (exact) mass is 214 g/mol. The van der Waals surface area contributed by atoms with E-state index in [1.807, 2.05) is 31.2 Å². The van der Waals surface area contributed by atoms with E-state index in [1.165, 1.54) is 5.56 Å². The van der Waals surface area contributed by atoms with Gasteiger partial charge in [0, 0.05) is 11.8 Å². The van der Waals surface area contributed by atoms with Crippen molar-refractivity contribution in [3.05, 3.63) is 48.0 Å². The number of ether oxygens (including phenoxy) is 1. The summed E-state index contributed by atoms with van der Waals surface area (Å²) >= 11 is 0. The highest BCUT2D eigenvalue weighted by Crippen LogP contribution is 2.29. The second kappa shape index (κ2) is 4.14. The molecule has 3 nitrogen and oxygen atoms in total. The van der Waals surface area contributed by atoms with Crippen molar-refractivity contribution in [2.75, 3.05) is 11.5 Å². The molecule has 2 rings (SSSR count). The Hall–Kier alpha value is -2.16. The Morgan fingerprint density at radius 2 is 1.62 bits per heavy atom. The first-order valence-electron chi connectivity index (χ1n) is 5.04. The number of anilines is 2. The Kier molecular flexibility index (Phi) is 2.68. The molecule has 2 aromatic rings. The molecular formula is C13H14N2O. The minimum atomic E-state index is 0.578. The summed E-state index contributed by atoms with van der Waals surface area (Å²) in [5, 5.41) is 0. The average Bonchev–Trinajstić information content (AvgIpc) is 2.27. The van der Waals surface area contributed by atoms with E-state index in [-0.39, 0.29) is 0 Å². The first kappa shape index (κ1) is 10.4. The third kappa shape index (κ3) is 2.25. The first-order chi connectivity index (χ1) is 7.65. The van der Waals surface area contributed by atoms with Crippen LogP contribution in [0.1, 0.15) is 5.56 Å². The summed E-state index contributed by atoms with van der Waals surface area (Å²) in [7, 11) is 0. The van der Waals surface area contributed by atoms with E-state index in [0.29, 0.717) is 17.1 Å². The molecular weight excluding hydrogens is 200 g/mol. The Morgan fingerprint density at radius 3 is 2.31 bits per heavy atom. The summed E-state index contributed by atoms with van der Waals surface area (Å²) in [5.74, 6) is 1.34. The zero-order valence-electron chi connectivity index (χ0n) is 9.10. The van der Waals surface area contributed by atoms with E-state index in [9.17, 15) is 0 Å². The van der Waals surface area contributed by atoms with Gasteiger partial charge in [-0.25, -0.2) is 0 Å². The molecule has 82 valence electrons. The van der Waals surface area contributed by atoms with E-state index in [1.54, 1.807) is 18.2 Å². The van der Waals surface area contributed by atoms with E-state index < -0.39 is 0 Å². The fourth-order valence-electron chi connectivity index (χ4n) is 1.37. The van der Waals surface area contributed by atoms with Crippen molar-refractivity contribution in [1.82, 2.24) is 0 Å². The Morgan fingerprint density at radius 1 is 0.938 bits per heavy atom. The number of aryl methyl sites for hydroxylation is 1. The number of benzene rings is 2. The molecule has 4 N–H and O–H groups in total. The Labute approximate surface area is 94.6 Å². The maximum absolute atomic E-state index is 5.79. The average molecular weight is 214 g/mol. The molecule has 0 aliphatic heterocycles. The highest BCUT2D eigenvalue weighted by Gasteiger charge is 2.02. The predicted molar refractivity (Wildman–Crippen MR) is 66.5 cm³/mol. The fraction of sp³-hybridized carbons (Fsp3) is 0.0769. The molecule has 0 radical (unpaired) electrons. The molecule has 0 aromatic heterocycles. The summed E-state index contributed by atoms with van der Waals surface area (Å²) < 4.78 is 5.64. The van der Waals surface area contributed by atoms with Gasteiger partial charge in [-0.1, -0.05) is 17.7 Å². The van der Waals surface area contributed by atoms with E-state index in [2.05, 4.69) is 0 Å². The molecule has 0 saturated carbocycles. The van der Waals surface area contributed by atoms with Crippen LogP contribution in [0.4, 0.5) is 11.4 Å². The second-order valence-corrected chi connectivity index (χ2v) is 3.71. The summed E-state index contributed by atoms with van der Waals surface area (Å²) in [6.45, 7) is 2.03. The van der Waals surface area contributed by atoms with Gasteiger partial charge >= 0.3 is 0 Å². The largest absolute Gasteiger partial charge is 0.455 e. The predicted octanol–water partition coefficient (Wildman–Crippen LogP) is 2.95. The fourth-order valence-corrected chi connectivity index (χ4v) is 1.37. The van der Waals surface area contributed by atoms with Crippen molar-refractivity contribution in [3.63, 3.8) is 0 Å². The summed E-state index contributed by atoms with van der Waals surface area (Å²) in [5.41, 5.74) is 13.9. The maximum atomic E-state index is 5.79. The molecule has 0 heterocycles. The van der Waals surface area contributed by atoms with Gasteiger partial charge in [0.05, 0.1) is 5.69 Å². The van der Waals surface area contributed by atoms with Gasteiger partial charge in [0.15, 0.2) is 5.75 Å². The van der Waals surface area contributed by atoms with Gasteiger partial charge in [0.1, 0.15) is 5.75 Å². The first-order valence-corrected chi connectivity index (χ1v) is 5.04. The molecule has 0 atom stereocenters. The smallest absolute Gasteiger partial charge is 0.152 e. The van der Waals surface area contributed by atoms with Crippen molar-refractivity contribution in [3.8, 4) is 11.5 Å². The van der Waals surface area contributed by atoms with Crippen molar-refractivity contribution in [2.24, 2.45) is 0 Å². The highest BCUT2D eigenvalue weighted by atomic mass is 16.5. The lowest BCUT2D eigenvalue weighted by molar-refractivity contribution is 0.485. The van der Waals surface area contributed by atoms with E-state index in [0.717, 1.165) is 5.75 Å². The van der Waals surface area contributed by atoms with Crippen molar-refractivity contribution >= 4 is 11.4 Å². The van der Waals surface area contributed by atoms with E-state index in [4.69, 9.17) is 16.2 Å². The van der Waals surface area contributed by atoms with Gasteiger partial charge in [0.2, 0.25) is 0 Å². The number of nitrogen functional groups attached to an aromatic ring is 2. The summed E-state index contributed by atoms with van der Waals surface area (Å²) in [6.07, 6.45) is 0. The zero-order valence-corrected chi connectivity index (χ0v) is 9.10. The Balaban J connectivity index is 2.26. The molecule has 0 fully saturated rings. The molecule has 0 saturated heterocycles. The number of hydrogen-bond acceptors (Lipinski definition) is 3. The summed E-state index contributed by atoms with van der Waals surface area (Å²) in [6, 6.07) is 13.0. The van der Waals surface area contributed by atoms with Gasteiger partial charge in [-0.2, -0.15) is 0 Å². The minimum absolute atomic E-state index is 0.578. The van der Waals surface area contributed by atoms with Gasteiger partial charge in [0.25, 0.3) is 0 Å². The molecule has 0 amide bonds. The van der Waals surface area contributed by atoms with Crippen LogP contribution in [0.25, 0.3) is 0 Å². The quantitative estimate of drug-likeness (QED) is 0.755. The van der Waals surface area contributed by atoms with Crippen molar-refractivity contribution < 1.29 is 4.74 Å². The second-order valence-electron chi connectivity index (χ2n) is 3.71. The molecule has 2 aromatic carbocycles. The normalized spacial score (nSPS) is 10.1. The summed E-state index contributed by atoms with van der Waals surface area (Å²) in [4.78, 5) is 0. The van der Waals surface area contributed by atoms with E-state index >= 15 is 0 Å². The zero-order chi connectivity index (χ0) is 11.5. The maximum Gasteiger partial charge on any atom is 0.152 e. The molecule has 16 heavy (non-hydrogen) atoms. The molecule has 0 bridgehead atoms. The van der Waals surface area contributed by atoms with Crippen LogP contribution in [-0.4, -0.2) is 0 Å². The lowest BCUT2D eigenvalue weighted by Crippen LogP contribution is -1.94. The van der Waals surface area contributed by atoms with Crippen LogP contribution < -0.4 is 16.2 Å². The van der Waals surface area contributed by atoms with Gasteiger partial charge in [-0.3, -0.25) is 0 Å². The molecule has 0 unspecified atom stereocenters. The van der Waals surface area contributed by atoms with Gasteiger partial charge in [-0.05, 0) is 31.2 Å². The van der Waals surface area contributed by atoms with Crippen LogP contribution in [0.3, 0.4) is 0 Å². The molecule has 3 heteroatoms. The van der Waals surface area contributed by atoms with Gasteiger partial charge < -0.3 is 16.2 Å². The van der Waals surface area contributed by atoms with Crippen LogP contribution in [0.5, 0.6) is 11.5 Å². The molecule has 0 aliphatic rings.